The zero-order valence-electron chi connectivity index (χ0n) is 12.4. The molecule has 0 radical (unpaired) electrons. The SMILES string of the molecule is N#C/C(=C\c1ccco1)C(=O)OCC(=O)Nc1ccccc1C#N. The Labute approximate surface area is 137 Å². The Bertz CT molecular complexity index is 855. The number of amides is 1. The van der Waals surface area contributed by atoms with Crippen molar-refractivity contribution in [1.29, 1.82) is 10.5 Å². The lowest BCUT2D eigenvalue weighted by molar-refractivity contribution is -0.142. The van der Waals surface area contributed by atoms with E-state index >= 15 is 0 Å². The number of hydrogen-bond donors (Lipinski definition) is 1. The fraction of sp³-hybridized carbons (Fsp3) is 0.0588. The number of anilines is 1. The number of furan rings is 1. The molecule has 118 valence electrons. The normalized spacial score (nSPS) is 10.3. The number of carbonyl (C=O) groups is 2. The Morgan fingerprint density at radius 2 is 2.00 bits per heavy atom. The van der Waals surface area contributed by atoms with Crippen LogP contribution in [0.1, 0.15) is 11.3 Å². The Balaban J connectivity index is 1.95. The summed E-state index contributed by atoms with van der Waals surface area (Å²) < 4.78 is 9.79. The minimum absolute atomic E-state index is 0.285. The Morgan fingerprint density at radius 1 is 1.21 bits per heavy atom. The minimum Gasteiger partial charge on any atom is -0.465 e. The van der Waals surface area contributed by atoms with Gasteiger partial charge in [-0.05, 0) is 24.3 Å². The topological polar surface area (TPSA) is 116 Å². The summed E-state index contributed by atoms with van der Waals surface area (Å²) in [6.07, 6.45) is 2.61. The number of para-hydroxylation sites is 1. The molecule has 24 heavy (non-hydrogen) atoms. The fourth-order valence-corrected chi connectivity index (χ4v) is 1.74. The molecule has 0 spiro atoms. The number of nitriles is 2. The second kappa shape index (κ2) is 7.97. The number of rotatable bonds is 5. The molecule has 2 aromatic rings. The van der Waals surface area contributed by atoms with Crippen molar-refractivity contribution >= 4 is 23.6 Å². The molecule has 0 bridgehead atoms. The van der Waals surface area contributed by atoms with Gasteiger partial charge < -0.3 is 14.5 Å². The van der Waals surface area contributed by atoms with Crippen LogP contribution in [0.15, 0.2) is 52.7 Å². The second-order valence-corrected chi connectivity index (χ2v) is 4.47. The van der Waals surface area contributed by atoms with Gasteiger partial charge in [0.05, 0.1) is 17.5 Å². The first kappa shape index (κ1) is 16.5. The smallest absolute Gasteiger partial charge is 0.349 e. The molecule has 0 unspecified atom stereocenters. The zero-order valence-corrected chi connectivity index (χ0v) is 12.4. The molecule has 1 aromatic heterocycles. The summed E-state index contributed by atoms with van der Waals surface area (Å²) in [5.74, 6) is -1.25. The summed E-state index contributed by atoms with van der Waals surface area (Å²) in [5.41, 5.74) is 0.301. The summed E-state index contributed by atoms with van der Waals surface area (Å²) in [5, 5.41) is 20.4. The molecule has 0 aliphatic rings. The van der Waals surface area contributed by atoms with Crippen LogP contribution in [0.25, 0.3) is 6.08 Å². The predicted octanol–water partition coefficient (Wildman–Crippen LogP) is 2.24. The summed E-state index contributed by atoms with van der Waals surface area (Å²) >= 11 is 0. The Morgan fingerprint density at radius 3 is 2.67 bits per heavy atom. The largest absolute Gasteiger partial charge is 0.465 e. The average molecular weight is 321 g/mol. The maximum Gasteiger partial charge on any atom is 0.349 e. The van der Waals surface area contributed by atoms with E-state index in [-0.39, 0.29) is 11.1 Å². The van der Waals surface area contributed by atoms with E-state index < -0.39 is 18.5 Å². The molecule has 0 aliphatic carbocycles. The van der Waals surface area contributed by atoms with Crippen LogP contribution in [-0.4, -0.2) is 18.5 Å². The first-order valence-corrected chi connectivity index (χ1v) is 6.75. The first-order chi connectivity index (χ1) is 11.6. The molecule has 0 saturated carbocycles. The highest BCUT2D eigenvalue weighted by molar-refractivity contribution is 6.00. The molecular formula is C17H11N3O4. The molecule has 2 rings (SSSR count). The van der Waals surface area contributed by atoms with Crippen LogP contribution in [-0.2, 0) is 14.3 Å². The monoisotopic (exact) mass is 321 g/mol. The van der Waals surface area contributed by atoms with Crippen LogP contribution in [0.2, 0.25) is 0 Å². The number of hydrogen-bond acceptors (Lipinski definition) is 6. The van der Waals surface area contributed by atoms with Crippen molar-refractivity contribution in [1.82, 2.24) is 0 Å². The molecule has 1 aromatic carbocycles. The number of ether oxygens (including phenoxy) is 1. The molecule has 0 saturated heterocycles. The van der Waals surface area contributed by atoms with Crippen LogP contribution in [0.3, 0.4) is 0 Å². The molecule has 7 nitrogen and oxygen atoms in total. The first-order valence-electron chi connectivity index (χ1n) is 6.75. The van der Waals surface area contributed by atoms with Crippen molar-refractivity contribution in [3.8, 4) is 12.1 Å². The van der Waals surface area contributed by atoms with E-state index in [1.807, 2.05) is 6.07 Å². The van der Waals surface area contributed by atoms with Gasteiger partial charge in [0.2, 0.25) is 0 Å². The van der Waals surface area contributed by atoms with Gasteiger partial charge in [-0.1, -0.05) is 12.1 Å². The van der Waals surface area contributed by atoms with Gasteiger partial charge in [-0.25, -0.2) is 4.79 Å². The van der Waals surface area contributed by atoms with Gasteiger partial charge in [0, 0.05) is 6.08 Å². The highest BCUT2D eigenvalue weighted by atomic mass is 16.5. The van der Waals surface area contributed by atoms with Gasteiger partial charge in [-0.15, -0.1) is 0 Å². The van der Waals surface area contributed by atoms with Gasteiger partial charge in [0.25, 0.3) is 5.91 Å². The quantitative estimate of drug-likeness (QED) is 0.513. The van der Waals surface area contributed by atoms with E-state index in [9.17, 15) is 9.59 Å². The van der Waals surface area contributed by atoms with Crippen molar-refractivity contribution in [3.05, 3.63) is 59.6 Å². The molecule has 1 N–H and O–H groups in total. The molecule has 7 heteroatoms. The average Bonchev–Trinajstić information content (AvgIpc) is 3.11. The maximum absolute atomic E-state index is 11.8. The lowest BCUT2D eigenvalue weighted by Crippen LogP contribution is -2.21. The second-order valence-electron chi connectivity index (χ2n) is 4.47. The summed E-state index contributed by atoms with van der Waals surface area (Å²) in [6, 6.07) is 13.2. The Kier molecular flexibility index (Phi) is 5.49. The lowest BCUT2D eigenvalue weighted by atomic mass is 10.2. The van der Waals surface area contributed by atoms with E-state index in [0.717, 1.165) is 0 Å². The van der Waals surface area contributed by atoms with Crippen LogP contribution < -0.4 is 5.32 Å². The van der Waals surface area contributed by atoms with E-state index in [1.54, 1.807) is 42.5 Å². The van der Waals surface area contributed by atoms with Gasteiger partial charge in [0.15, 0.2) is 6.61 Å². The standard InChI is InChI=1S/C17H11N3O4/c18-9-12-4-1-2-6-15(12)20-16(21)11-24-17(22)13(10-19)8-14-5-3-7-23-14/h1-8H,11H2,(H,20,21)/b13-8+. The molecule has 0 aliphatic heterocycles. The fourth-order valence-electron chi connectivity index (χ4n) is 1.74. The van der Waals surface area contributed by atoms with Crippen LogP contribution >= 0.6 is 0 Å². The summed E-state index contributed by atoms with van der Waals surface area (Å²) in [7, 11) is 0. The minimum atomic E-state index is -0.947. The molecule has 0 atom stereocenters. The van der Waals surface area contributed by atoms with Crippen molar-refractivity contribution in [2.45, 2.75) is 0 Å². The molecule has 0 fully saturated rings. The van der Waals surface area contributed by atoms with Crippen LogP contribution in [0.5, 0.6) is 0 Å². The van der Waals surface area contributed by atoms with Crippen LogP contribution in [0.4, 0.5) is 5.69 Å². The summed E-state index contributed by atoms with van der Waals surface area (Å²) in [4.78, 5) is 23.6. The van der Waals surface area contributed by atoms with Gasteiger partial charge in [0.1, 0.15) is 23.5 Å². The third-order valence-corrected chi connectivity index (χ3v) is 2.83. The molecular weight excluding hydrogens is 310 g/mol. The van der Waals surface area contributed by atoms with Crippen molar-refractivity contribution in [2.24, 2.45) is 0 Å². The van der Waals surface area contributed by atoms with E-state index in [0.29, 0.717) is 11.4 Å². The highest BCUT2D eigenvalue weighted by Crippen LogP contribution is 2.13. The van der Waals surface area contributed by atoms with Gasteiger partial charge in [-0.2, -0.15) is 10.5 Å². The van der Waals surface area contributed by atoms with E-state index in [1.165, 1.54) is 12.3 Å². The van der Waals surface area contributed by atoms with E-state index in [4.69, 9.17) is 19.7 Å². The van der Waals surface area contributed by atoms with E-state index in [2.05, 4.69) is 5.32 Å². The lowest BCUT2D eigenvalue weighted by Gasteiger charge is -2.07. The third kappa shape index (κ3) is 4.33. The zero-order chi connectivity index (χ0) is 17.4. The third-order valence-electron chi connectivity index (χ3n) is 2.83. The van der Waals surface area contributed by atoms with Crippen molar-refractivity contribution < 1.29 is 18.7 Å². The number of nitrogens with one attached hydrogen (secondary N) is 1. The number of esters is 1. The van der Waals surface area contributed by atoms with Crippen LogP contribution in [0, 0.1) is 22.7 Å². The van der Waals surface area contributed by atoms with Crippen molar-refractivity contribution in [2.75, 3.05) is 11.9 Å². The van der Waals surface area contributed by atoms with Gasteiger partial charge in [-0.3, -0.25) is 4.79 Å². The molecule has 1 amide bonds. The Hall–Kier alpha value is -3.84. The maximum atomic E-state index is 11.8. The summed E-state index contributed by atoms with van der Waals surface area (Å²) in [6.45, 7) is -0.588. The van der Waals surface area contributed by atoms with Gasteiger partial charge >= 0.3 is 5.97 Å². The number of carbonyl (C=O) groups excluding carboxylic acids is 2. The highest BCUT2D eigenvalue weighted by Gasteiger charge is 2.14. The van der Waals surface area contributed by atoms with Crippen molar-refractivity contribution in [3.63, 3.8) is 0 Å². The predicted molar refractivity (Wildman–Crippen MR) is 83.0 cm³/mol. The number of benzene rings is 1. The molecule has 1 heterocycles. The number of nitrogens with zero attached hydrogens (tertiary/aromatic N) is 2.